The molecule has 0 aliphatic rings. The minimum atomic E-state index is -0.0549. The molecule has 1 heterocycles. The van der Waals surface area contributed by atoms with Crippen LogP contribution in [0.2, 0.25) is 0 Å². The van der Waals surface area contributed by atoms with Crippen molar-refractivity contribution in [3.05, 3.63) is 22.6 Å². The normalized spacial score (nSPS) is 12.5. The maximum absolute atomic E-state index is 12.0. The fraction of sp³-hybridized carbons (Fsp3) is 0.615. The number of carbonyl (C=O) groups is 1. The summed E-state index contributed by atoms with van der Waals surface area (Å²) in [6.45, 7) is 8.98. The molecule has 17 heavy (non-hydrogen) atoms. The first-order valence-electron chi connectivity index (χ1n) is 6.02. The van der Waals surface area contributed by atoms with Gasteiger partial charge in [-0.2, -0.15) is 0 Å². The molecule has 0 radical (unpaired) electrons. The van der Waals surface area contributed by atoms with E-state index in [0.29, 0.717) is 30.3 Å². The Morgan fingerprint density at radius 1 is 1.35 bits per heavy atom. The van der Waals surface area contributed by atoms with Crippen LogP contribution < -0.4 is 11.1 Å². The van der Waals surface area contributed by atoms with Crippen LogP contribution in [0, 0.1) is 26.7 Å². The molecule has 4 heteroatoms. The minimum Gasteiger partial charge on any atom is -0.466 e. The number of aryl methyl sites for hydroxylation is 2. The van der Waals surface area contributed by atoms with Crippen molar-refractivity contribution < 1.29 is 9.21 Å². The van der Waals surface area contributed by atoms with Gasteiger partial charge in [0.2, 0.25) is 0 Å². The Labute approximate surface area is 103 Å². The third-order valence-electron chi connectivity index (χ3n) is 3.06. The van der Waals surface area contributed by atoms with Gasteiger partial charge in [-0.05, 0) is 39.7 Å². The number of carbonyl (C=O) groups excluding carboxylic acids is 1. The van der Waals surface area contributed by atoms with Gasteiger partial charge in [-0.15, -0.1) is 0 Å². The van der Waals surface area contributed by atoms with Gasteiger partial charge in [0.05, 0.1) is 5.56 Å². The summed E-state index contributed by atoms with van der Waals surface area (Å²) in [6, 6.07) is 0. The Hall–Kier alpha value is -1.29. The number of furan rings is 1. The summed E-state index contributed by atoms with van der Waals surface area (Å²) in [6.07, 6.45) is 0.919. The lowest BCUT2D eigenvalue weighted by Gasteiger charge is -2.11. The molecule has 4 nitrogen and oxygen atoms in total. The smallest absolute Gasteiger partial charge is 0.255 e. The highest BCUT2D eigenvalue weighted by molar-refractivity contribution is 5.96. The first-order valence-corrected chi connectivity index (χ1v) is 6.02. The summed E-state index contributed by atoms with van der Waals surface area (Å²) >= 11 is 0. The molecule has 0 bridgehead atoms. The Morgan fingerprint density at radius 3 is 2.47 bits per heavy atom. The van der Waals surface area contributed by atoms with E-state index in [-0.39, 0.29) is 5.91 Å². The number of hydrogen-bond acceptors (Lipinski definition) is 3. The van der Waals surface area contributed by atoms with Gasteiger partial charge in [0.25, 0.3) is 5.91 Å². The van der Waals surface area contributed by atoms with Crippen LogP contribution in [-0.2, 0) is 0 Å². The summed E-state index contributed by atoms with van der Waals surface area (Å²) < 4.78 is 5.44. The average Bonchev–Trinajstić information content (AvgIpc) is 2.50. The molecule has 0 aromatic carbocycles. The predicted molar refractivity (Wildman–Crippen MR) is 68.1 cm³/mol. The van der Waals surface area contributed by atoms with E-state index in [1.807, 2.05) is 20.8 Å². The molecule has 1 unspecified atom stereocenters. The second-order valence-corrected chi connectivity index (χ2v) is 4.61. The molecule has 1 amide bonds. The standard InChI is InChI=1S/C13H22N2O2/c1-8(5-6-14)7-15-13(16)12-9(2)10(3)17-11(12)4/h8H,5-7,14H2,1-4H3,(H,15,16). The highest BCUT2D eigenvalue weighted by Gasteiger charge is 2.18. The summed E-state index contributed by atoms with van der Waals surface area (Å²) in [5.41, 5.74) is 7.06. The first-order chi connectivity index (χ1) is 7.97. The van der Waals surface area contributed by atoms with Gasteiger partial charge in [-0.1, -0.05) is 6.92 Å². The molecule has 0 spiro atoms. The molecule has 0 fully saturated rings. The third-order valence-corrected chi connectivity index (χ3v) is 3.06. The number of nitrogens with one attached hydrogen (secondary N) is 1. The van der Waals surface area contributed by atoms with Crippen LogP contribution in [0.15, 0.2) is 4.42 Å². The third kappa shape index (κ3) is 3.33. The van der Waals surface area contributed by atoms with E-state index in [2.05, 4.69) is 12.2 Å². The molecule has 1 atom stereocenters. The zero-order chi connectivity index (χ0) is 13.0. The molecular formula is C13H22N2O2. The van der Waals surface area contributed by atoms with Crippen molar-refractivity contribution in [2.75, 3.05) is 13.1 Å². The van der Waals surface area contributed by atoms with Crippen LogP contribution in [-0.4, -0.2) is 19.0 Å². The molecule has 1 aromatic heterocycles. The lowest BCUT2D eigenvalue weighted by atomic mass is 10.1. The predicted octanol–water partition coefficient (Wildman–Crippen LogP) is 1.92. The van der Waals surface area contributed by atoms with E-state index in [4.69, 9.17) is 10.2 Å². The van der Waals surface area contributed by atoms with Crippen molar-refractivity contribution in [1.29, 1.82) is 0 Å². The molecule has 0 saturated carbocycles. The van der Waals surface area contributed by atoms with E-state index in [9.17, 15) is 4.79 Å². The lowest BCUT2D eigenvalue weighted by molar-refractivity contribution is 0.0945. The Balaban J connectivity index is 2.64. The minimum absolute atomic E-state index is 0.0549. The van der Waals surface area contributed by atoms with Crippen molar-refractivity contribution in [2.24, 2.45) is 11.7 Å². The van der Waals surface area contributed by atoms with Gasteiger partial charge in [-0.3, -0.25) is 4.79 Å². The quantitative estimate of drug-likeness (QED) is 0.823. The van der Waals surface area contributed by atoms with Gasteiger partial charge in [0.1, 0.15) is 11.5 Å². The van der Waals surface area contributed by atoms with Crippen LogP contribution in [0.3, 0.4) is 0 Å². The number of hydrogen-bond donors (Lipinski definition) is 2. The monoisotopic (exact) mass is 238 g/mol. The maximum atomic E-state index is 12.0. The molecule has 0 saturated heterocycles. The number of rotatable bonds is 5. The molecule has 3 N–H and O–H groups in total. The highest BCUT2D eigenvalue weighted by Crippen LogP contribution is 2.20. The molecule has 1 rings (SSSR count). The SMILES string of the molecule is Cc1oc(C)c(C(=O)NCC(C)CCN)c1C. The van der Waals surface area contributed by atoms with Crippen LogP contribution >= 0.6 is 0 Å². The van der Waals surface area contributed by atoms with E-state index in [0.717, 1.165) is 17.7 Å². The number of nitrogens with two attached hydrogens (primary N) is 1. The zero-order valence-electron chi connectivity index (χ0n) is 11.1. The van der Waals surface area contributed by atoms with E-state index >= 15 is 0 Å². The largest absolute Gasteiger partial charge is 0.466 e. The van der Waals surface area contributed by atoms with Gasteiger partial charge in [0, 0.05) is 12.1 Å². The zero-order valence-corrected chi connectivity index (χ0v) is 11.1. The summed E-state index contributed by atoms with van der Waals surface area (Å²) in [5.74, 6) is 1.84. The molecule has 96 valence electrons. The van der Waals surface area contributed by atoms with E-state index < -0.39 is 0 Å². The average molecular weight is 238 g/mol. The van der Waals surface area contributed by atoms with Crippen LogP contribution in [0.4, 0.5) is 0 Å². The Kier molecular flexibility index (Phi) is 4.75. The van der Waals surface area contributed by atoms with Crippen molar-refractivity contribution in [1.82, 2.24) is 5.32 Å². The first kappa shape index (κ1) is 13.8. The fourth-order valence-electron chi connectivity index (χ4n) is 1.87. The summed E-state index contributed by atoms with van der Waals surface area (Å²) in [7, 11) is 0. The summed E-state index contributed by atoms with van der Waals surface area (Å²) in [4.78, 5) is 12.0. The van der Waals surface area contributed by atoms with E-state index in [1.165, 1.54) is 0 Å². The maximum Gasteiger partial charge on any atom is 0.255 e. The van der Waals surface area contributed by atoms with Crippen LogP contribution in [0.1, 0.15) is 40.8 Å². The Morgan fingerprint density at radius 2 is 2.00 bits per heavy atom. The number of amides is 1. The molecule has 0 aliphatic carbocycles. The van der Waals surface area contributed by atoms with Gasteiger partial charge < -0.3 is 15.5 Å². The van der Waals surface area contributed by atoms with Gasteiger partial charge in [0.15, 0.2) is 0 Å². The molecule has 0 aliphatic heterocycles. The van der Waals surface area contributed by atoms with Crippen LogP contribution in [0.5, 0.6) is 0 Å². The van der Waals surface area contributed by atoms with Crippen molar-refractivity contribution in [3.63, 3.8) is 0 Å². The van der Waals surface area contributed by atoms with Gasteiger partial charge >= 0.3 is 0 Å². The van der Waals surface area contributed by atoms with Crippen molar-refractivity contribution in [2.45, 2.75) is 34.1 Å². The molecule has 1 aromatic rings. The van der Waals surface area contributed by atoms with Crippen molar-refractivity contribution in [3.8, 4) is 0 Å². The van der Waals surface area contributed by atoms with Crippen LogP contribution in [0.25, 0.3) is 0 Å². The van der Waals surface area contributed by atoms with E-state index in [1.54, 1.807) is 0 Å². The second kappa shape index (κ2) is 5.87. The van der Waals surface area contributed by atoms with Gasteiger partial charge in [-0.25, -0.2) is 0 Å². The molecular weight excluding hydrogens is 216 g/mol. The second-order valence-electron chi connectivity index (χ2n) is 4.61. The Bertz CT molecular complexity index is 396. The summed E-state index contributed by atoms with van der Waals surface area (Å²) in [5, 5.41) is 2.92. The highest BCUT2D eigenvalue weighted by atomic mass is 16.3. The fourth-order valence-corrected chi connectivity index (χ4v) is 1.87. The van der Waals surface area contributed by atoms with Crippen molar-refractivity contribution >= 4 is 5.91 Å². The topological polar surface area (TPSA) is 68.3 Å². The lowest BCUT2D eigenvalue weighted by Crippen LogP contribution is -2.29.